The number of sulfonamides is 1. The molecule has 0 radical (unpaired) electrons. The molecule has 3 aromatic carbocycles. The highest BCUT2D eigenvalue weighted by Crippen LogP contribution is 2.25. The van der Waals surface area contributed by atoms with Gasteiger partial charge >= 0.3 is 6.36 Å². The minimum atomic E-state index is -4.82. The topological polar surface area (TPSA) is 84.5 Å². The van der Waals surface area contributed by atoms with Gasteiger partial charge < -0.3 is 10.1 Å². The van der Waals surface area contributed by atoms with E-state index in [1.165, 1.54) is 36.4 Å². The monoisotopic (exact) mass is 450 g/mol. The molecule has 0 atom stereocenters. The number of rotatable bonds is 6. The largest absolute Gasteiger partial charge is 0.573 e. The number of alkyl halides is 3. The van der Waals surface area contributed by atoms with Crippen molar-refractivity contribution in [1.29, 1.82) is 0 Å². The molecule has 0 unspecified atom stereocenters. The van der Waals surface area contributed by atoms with E-state index in [-0.39, 0.29) is 21.8 Å². The van der Waals surface area contributed by atoms with Gasteiger partial charge in [-0.3, -0.25) is 9.52 Å². The van der Waals surface area contributed by atoms with Gasteiger partial charge in [-0.15, -0.1) is 13.2 Å². The smallest absolute Gasteiger partial charge is 0.406 e. The van der Waals surface area contributed by atoms with Crippen LogP contribution in [0.15, 0.2) is 77.7 Å². The second-order valence-electron chi connectivity index (χ2n) is 6.49. The first-order valence-corrected chi connectivity index (χ1v) is 10.4. The SMILES string of the molecule is Cc1ccc(S(=O)(=O)Nc2ccccc2C(=O)Nc2ccc(OC(F)(F)F)cc2)cc1. The Kier molecular flexibility index (Phi) is 6.21. The summed E-state index contributed by atoms with van der Waals surface area (Å²) in [5.74, 6) is -1.08. The second kappa shape index (κ2) is 8.68. The molecular weight excluding hydrogens is 433 g/mol. The molecule has 31 heavy (non-hydrogen) atoms. The molecule has 162 valence electrons. The van der Waals surface area contributed by atoms with E-state index in [0.29, 0.717) is 0 Å². The summed E-state index contributed by atoms with van der Waals surface area (Å²) in [4.78, 5) is 12.7. The van der Waals surface area contributed by atoms with Gasteiger partial charge in [-0.25, -0.2) is 8.42 Å². The van der Waals surface area contributed by atoms with Crippen LogP contribution < -0.4 is 14.8 Å². The molecule has 0 saturated carbocycles. The number of aryl methyl sites for hydroxylation is 1. The van der Waals surface area contributed by atoms with Crippen LogP contribution in [0.5, 0.6) is 5.75 Å². The summed E-state index contributed by atoms with van der Waals surface area (Å²) in [6, 6.07) is 16.7. The maximum absolute atomic E-state index is 12.7. The first-order valence-electron chi connectivity index (χ1n) is 8.89. The van der Waals surface area contributed by atoms with E-state index in [2.05, 4.69) is 14.8 Å². The number of amides is 1. The third kappa shape index (κ3) is 5.98. The average molecular weight is 450 g/mol. The Morgan fingerprint density at radius 3 is 2.13 bits per heavy atom. The quantitative estimate of drug-likeness (QED) is 0.557. The lowest BCUT2D eigenvalue weighted by Crippen LogP contribution is -2.19. The lowest BCUT2D eigenvalue weighted by atomic mass is 10.1. The highest BCUT2D eigenvalue weighted by molar-refractivity contribution is 7.92. The molecule has 3 aromatic rings. The van der Waals surface area contributed by atoms with E-state index < -0.39 is 28.0 Å². The van der Waals surface area contributed by atoms with Crippen LogP contribution in [-0.2, 0) is 10.0 Å². The lowest BCUT2D eigenvalue weighted by Gasteiger charge is -2.13. The summed E-state index contributed by atoms with van der Waals surface area (Å²) >= 11 is 0. The molecule has 0 aliphatic carbocycles. The Balaban J connectivity index is 1.78. The predicted octanol–water partition coefficient (Wildman–Crippen LogP) is 4.95. The fraction of sp³-hybridized carbons (Fsp3) is 0.0952. The third-order valence-electron chi connectivity index (χ3n) is 4.09. The van der Waals surface area contributed by atoms with Crippen molar-refractivity contribution < 1.29 is 31.1 Å². The zero-order valence-corrected chi connectivity index (χ0v) is 16.9. The highest BCUT2D eigenvalue weighted by atomic mass is 32.2. The second-order valence-corrected chi connectivity index (χ2v) is 8.17. The normalized spacial score (nSPS) is 11.6. The lowest BCUT2D eigenvalue weighted by molar-refractivity contribution is -0.274. The molecule has 10 heteroatoms. The number of nitrogens with one attached hydrogen (secondary N) is 2. The van der Waals surface area contributed by atoms with Gasteiger partial charge in [0.15, 0.2) is 0 Å². The summed E-state index contributed by atoms with van der Waals surface area (Å²) < 4.78 is 68.2. The molecule has 0 aliphatic rings. The van der Waals surface area contributed by atoms with E-state index in [0.717, 1.165) is 17.7 Å². The Morgan fingerprint density at radius 1 is 0.903 bits per heavy atom. The van der Waals surface area contributed by atoms with Crippen molar-refractivity contribution in [2.24, 2.45) is 0 Å². The number of halogens is 3. The van der Waals surface area contributed by atoms with E-state index in [1.807, 2.05) is 6.92 Å². The van der Waals surface area contributed by atoms with Crippen LogP contribution in [0.25, 0.3) is 0 Å². The molecule has 0 fully saturated rings. The van der Waals surface area contributed by atoms with Crippen molar-refractivity contribution >= 4 is 27.3 Å². The van der Waals surface area contributed by atoms with Gasteiger partial charge in [0.2, 0.25) is 0 Å². The van der Waals surface area contributed by atoms with Crippen LogP contribution in [0.3, 0.4) is 0 Å². The van der Waals surface area contributed by atoms with Crippen molar-refractivity contribution in [3.8, 4) is 5.75 Å². The first-order chi connectivity index (χ1) is 14.5. The Hall–Kier alpha value is -3.53. The molecule has 0 aliphatic heterocycles. The molecule has 0 bridgehead atoms. The summed E-state index contributed by atoms with van der Waals surface area (Å²) in [6.07, 6.45) is -4.82. The standard InChI is InChI=1S/C21H17F3N2O4S/c1-14-6-12-17(13-7-14)31(28,29)26-19-5-3-2-4-18(19)20(27)25-15-8-10-16(11-9-15)30-21(22,23)24/h2-13,26H,1H3,(H,25,27). The van der Waals surface area contributed by atoms with Crippen LogP contribution in [0.2, 0.25) is 0 Å². The number of anilines is 2. The van der Waals surface area contributed by atoms with Crippen molar-refractivity contribution in [2.45, 2.75) is 18.2 Å². The number of benzene rings is 3. The van der Waals surface area contributed by atoms with Crippen LogP contribution in [0.4, 0.5) is 24.5 Å². The molecule has 0 heterocycles. The van der Waals surface area contributed by atoms with Crippen molar-refractivity contribution in [2.75, 3.05) is 10.0 Å². The van der Waals surface area contributed by atoms with Crippen molar-refractivity contribution in [1.82, 2.24) is 0 Å². The maximum atomic E-state index is 12.7. The Morgan fingerprint density at radius 2 is 1.52 bits per heavy atom. The number of ether oxygens (including phenoxy) is 1. The van der Waals surface area contributed by atoms with E-state index in [4.69, 9.17) is 0 Å². The molecule has 6 nitrogen and oxygen atoms in total. The van der Waals surface area contributed by atoms with E-state index >= 15 is 0 Å². The zero-order valence-electron chi connectivity index (χ0n) is 16.1. The molecule has 3 rings (SSSR count). The van der Waals surface area contributed by atoms with E-state index in [9.17, 15) is 26.4 Å². The Bertz CT molecular complexity index is 1180. The molecule has 0 spiro atoms. The van der Waals surface area contributed by atoms with Crippen LogP contribution in [0.1, 0.15) is 15.9 Å². The highest BCUT2D eigenvalue weighted by Gasteiger charge is 2.31. The summed E-state index contributed by atoms with van der Waals surface area (Å²) in [5, 5.41) is 2.51. The maximum Gasteiger partial charge on any atom is 0.573 e. The minimum absolute atomic E-state index is 0.0357. The van der Waals surface area contributed by atoms with Crippen molar-refractivity contribution in [3.05, 3.63) is 83.9 Å². The molecule has 0 aromatic heterocycles. The third-order valence-corrected chi connectivity index (χ3v) is 5.47. The predicted molar refractivity (Wildman–Crippen MR) is 110 cm³/mol. The first kappa shape index (κ1) is 22.2. The van der Waals surface area contributed by atoms with Gasteiger partial charge in [0.25, 0.3) is 15.9 Å². The fourth-order valence-corrected chi connectivity index (χ4v) is 3.71. The Labute approximate surface area is 176 Å². The fourth-order valence-electron chi connectivity index (χ4n) is 2.63. The van der Waals surface area contributed by atoms with Gasteiger partial charge in [0, 0.05) is 5.69 Å². The van der Waals surface area contributed by atoms with Crippen LogP contribution in [-0.4, -0.2) is 20.7 Å². The number of carbonyl (C=O) groups excluding carboxylic acids is 1. The average Bonchev–Trinajstić information content (AvgIpc) is 2.69. The van der Waals surface area contributed by atoms with Crippen molar-refractivity contribution in [3.63, 3.8) is 0 Å². The summed E-state index contributed by atoms with van der Waals surface area (Å²) in [5.41, 5.74) is 1.19. The van der Waals surface area contributed by atoms with Gasteiger partial charge in [-0.1, -0.05) is 29.8 Å². The minimum Gasteiger partial charge on any atom is -0.406 e. The summed E-state index contributed by atoms with van der Waals surface area (Å²) in [6.45, 7) is 1.82. The van der Waals surface area contributed by atoms with Gasteiger partial charge in [-0.05, 0) is 55.5 Å². The molecular formula is C21H17F3N2O4S. The van der Waals surface area contributed by atoms with Crippen LogP contribution in [0, 0.1) is 6.92 Å². The number of carbonyl (C=O) groups is 1. The van der Waals surface area contributed by atoms with Gasteiger partial charge in [-0.2, -0.15) is 0 Å². The van der Waals surface area contributed by atoms with Crippen LogP contribution >= 0.6 is 0 Å². The number of para-hydroxylation sites is 1. The van der Waals surface area contributed by atoms with Gasteiger partial charge in [0.05, 0.1) is 16.1 Å². The van der Waals surface area contributed by atoms with Gasteiger partial charge in [0.1, 0.15) is 5.75 Å². The molecule has 0 saturated heterocycles. The molecule has 2 N–H and O–H groups in total. The van der Waals surface area contributed by atoms with E-state index in [1.54, 1.807) is 24.3 Å². The zero-order chi connectivity index (χ0) is 22.6. The number of hydrogen-bond donors (Lipinski definition) is 2. The molecule has 1 amide bonds. The number of hydrogen-bond acceptors (Lipinski definition) is 4. The summed E-state index contributed by atoms with van der Waals surface area (Å²) in [7, 11) is -3.94.